The molecule has 1 aromatic carbocycles. The molecule has 13 heavy (non-hydrogen) atoms. The van der Waals surface area contributed by atoms with Gasteiger partial charge in [-0.1, -0.05) is 0 Å². The van der Waals surface area contributed by atoms with Gasteiger partial charge in [-0.2, -0.15) is 0 Å². The lowest BCUT2D eigenvalue weighted by atomic mass is 10.2. The molecular formula is C10H10O2S. The highest BCUT2D eigenvalue weighted by Gasteiger charge is 2.03. The Balaban J connectivity index is 2.61. The number of methoxy groups -OCH3 is 1. The van der Waals surface area contributed by atoms with Crippen LogP contribution in [0.3, 0.4) is 0 Å². The maximum atomic E-state index is 9.03. The number of rotatable bonds is 2. The normalized spacial score (nSPS) is 10.6. The maximum Gasteiger partial charge on any atom is 0.120 e. The minimum Gasteiger partial charge on any atom is -0.497 e. The molecule has 0 unspecified atom stereocenters. The first-order chi connectivity index (χ1) is 6.35. The molecule has 0 atom stereocenters. The van der Waals surface area contributed by atoms with Gasteiger partial charge in [0, 0.05) is 4.70 Å². The van der Waals surface area contributed by atoms with Crippen LogP contribution < -0.4 is 4.74 Å². The van der Waals surface area contributed by atoms with E-state index in [9.17, 15) is 0 Å². The SMILES string of the molecule is COc1ccc2c(CO)csc2c1. The highest BCUT2D eigenvalue weighted by Crippen LogP contribution is 2.29. The first-order valence-electron chi connectivity index (χ1n) is 4.00. The molecule has 1 heterocycles. The monoisotopic (exact) mass is 194 g/mol. The second-order valence-electron chi connectivity index (χ2n) is 2.78. The molecule has 3 heteroatoms. The molecule has 2 nitrogen and oxygen atoms in total. The lowest BCUT2D eigenvalue weighted by Crippen LogP contribution is -1.82. The Morgan fingerprint density at radius 1 is 1.46 bits per heavy atom. The molecule has 0 saturated carbocycles. The van der Waals surface area contributed by atoms with Crippen LogP contribution in [-0.2, 0) is 6.61 Å². The fourth-order valence-electron chi connectivity index (χ4n) is 1.31. The van der Waals surface area contributed by atoms with Gasteiger partial charge < -0.3 is 9.84 Å². The predicted octanol–water partition coefficient (Wildman–Crippen LogP) is 2.40. The summed E-state index contributed by atoms with van der Waals surface area (Å²) in [6.45, 7) is 0.104. The molecule has 0 aliphatic heterocycles. The molecule has 1 aromatic heterocycles. The molecule has 0 radical (unpaired) electrons. The summed E-state index contributed by atoms with van der Waals surface area (Å²) in [5.74, 6) is 0.860. The van der Waals surface area contributed by atoms with E-state index in [-0.39, 0.29) is 6.61 Å². The van der Waals surface area contributed by atoms with Gasteiger partial charge in [0.25, 0.3) is 0 Å². The van der Waals surface area contributed by atoms with Gasteiger partial charge in [0.15, 0.2) is 0 Å². The fraction of sp³-hybridized carbons (Fsp3) is 0.200. The third-order valence-corrected chi connectivity index (χ3v) is 3.03. The molecule has 68 valence electrons. The van der Waals surface area contributed by atoms with Gasteiger partial charge >= 0.3 is 0 Å². The number of hydrogen-bond donors (Lipinski definition) is 1. The van der Waals surface area contributed by atoms with Crippen LogP contribution in [0.25, 0.3) is 10.1 Å². The van der Waals surface area contributed by atoms with Crippen LogP contribution in [-0.4, -0.2) is 12.2 Å². The van der Waals surface area contributed by atoms with Crippen LogP contribution in [0, 0.1) is 0 Å². The lowest BCUT2D eigenvalue weighted by molar-refractivity contribution is 0.284. The largest absolute Gasteiger partial charge is 0.497 e. The van der Waals surface area contributed by atoms with E-state index in [0.29, 0.717) is 0 Å². The molecule has 0 bridgehead atoms. The molecule has 2 aromatic rings. The Bertz CT molecular complexity index is 420. The van der Waals surface area contributed by atoms with Crippen LogP contribution >= 0.6 is 11.3 Å². The summed E-state index contributed by atoms with van der Waals surface area (Å²) in [4.78, 5) is 0. The van der Waals surface area contributed by atoms with Crippen LogP contribution in [0.1, 0.15) is 5.56 Å². The van der Waals surface area contributed by atoms with Crippen molar-refractivity contribution in [2.75, 3.05) is 7.11 Å². The zero-order chi connectivity index (χ0) is 9.26. The van der Waals surface area contributed by atoms with Gasteiger partial charge in [0.1, 0.15) is 5.75 Å². The van der Waals surface area contributed by atoms with E-state index in [1.54, 1.807) is 18.4 Å². The highest BCUT2D eigenvalue weighted by atomic mass is 32.1. The van der Waals surface area contributed by atoms with Crippen molar-refractivity contribution in [3.8, 4) is 5.75 Å². The standard InChI is InChI=1S/C10H10O2S/c1-12-8-2-3-9-7(5-11)6-13-10(9)4-8/h2-4,6,11H,5H2,1H3. The summed E-state index contributed by atoms with van der Waals surface area (Å²) in [5.41, 5.74) is 0.989. The molecule has 0 saturated heterocycles. The second kappa shape index (κ2) is 3.36. The van der Waals surface area contributed by atoms with Gasteiger partial charge in [-0.3, -0.25) is 0 Å². The smallest absolute Gasteiger partial charge is 0.120 e. The Labute approximate surface area is 80.4 Å². The summed E-state index contributed by atoms with van der Waals surface area (Å²) < 4.78 is 6.27. The molecule has 0 amide bonds. The van der Waals surface area contributed by atoms with E-state index < -0.39 is 0 Å². The fourth-order valence-corrected chi connectivity index (χ4v) is 2.29. The molecule has 0 spiro atoms. The first kappa shape index (κ1) is 8.53. The second-order valence-corrected chi connectivity index (χ2v) is 3.69. The Kier molecular flexibility index (Phi) is 2.20. The van der Waals surface area contributed by atoms with Crippen LogP contribution in [0.4, 0.5) is 0 Å². The number of ether oxygens (including phenoxy) is 1. The van der Waals surface area contributed by atoms with Crippen LogP contribution in [0.15, 0.2) is 23.6 Å². The summed E-state index contributed by atoms with van der Waals surface area (Å²) in [7, 11) is 1.65. The molecule has 0 fully saturated rings. The summed E-state index contributed by atoms with van der Waals surface area (Å²) >= 11 is 1.63. The van der Waals surface area contributed by atoms with Gasteiger partial charge in [0.2, 0.25) is 0 Å². The highest BCUT2D eigenvalue weighted by molar-refractivity contribution is 7.17. The van der Waals surface area contributed by atoms with Crippen molar-refractivity contribution in [1.82, 2.24) is 0 Å². The summed E-state index contributed by atoms with van der Waals surface area (Å²) in [6.07, 6.45) is 0. The molecule has 2 rings (SSSR count). The van der Waals surface area contributed by atoms with Gasteiger partial charge in [-0.15, -0.1) is 11.3 Å². The van der Waals surface area contributed by atoms with Crippen molar-refractivity contribution in [1.29, 1.82) is 0 Å². The van der Waals surface area contributed by atoms with Crippen molar-refractivity contribution in [3.63, 3.8) is 0 Å². The predicted molar refractivity (Wildman–Crippen MR) is 54.3 cm³/mol. The number of fused-ring (bicyclic) bond motifs is 1. The Hall–Kier alpha value is -1.06. The van der Waals surface area contributed by atoms with Crippen LogP contribution in [0.5, 0.6) is 5.75 Å². The van der Waals surface area contributed by atoms with E-state index >= 15 is 0 Å². The number of thiophene rings is 1. The van der Waals surface area contributed by atoms with Crippen molar-refractivity contribution in [2.24, 2.45) is 0 Å². The van der Waals surface area contributed by atoms with Crippen molar-refractivity contribution in [2.45, 2.75) is 6.61 Å². The van der Waals surface area contributed by atoms with E-state index in [0.717, 1.165) is 21.4 Å². The van der Waals surface area contributed by atoms with Crippen LogP contribution in [0.2, 0.25) is 0 Å². The summed E-state index contributed by atoms with van der Waals surface area (Å²) in [6, 6.07) is 5.88. The Morgan fingerprint density at radius 3 is 3.00 bits per heavy atom. The first-order valence-corrected chi connectivity index (χ1v) is 4.88. The quantitative estimate of drug-likeness (QED) is 0.795. The van der Waals surface area contributed by atoms with E-state index in [2.05, 4.69) is 0 Å². The van der Waals surface area contributed by atoms with Crippen molar-refractivity contribution in [3.05, 3.63) is 29.1 Å². The number of benzene rings is 1. The minimum atomic E-state index is 0.104. The van der Waals surface area contributed by atoms with Crippen molar-refractivity contribution >= 4 is 21.4 Å². The molecule has 0 aliphatic carbocycles. The lowest BCUT2D eigenvalue weighted by Gasteiger charge is -1.99. The number of aliphatic hydroxyl groups is 1. The molecule has 0 aliphatic rings. The molecular weight excluding hydrogens is 184 g/mol. The van der Waals surface area contributed by atoms with Gasteiger partial charge in [-0.25, -0.2) is 0 Å². The van der Waals surface area contributed by atoms with Gasteiger partial charge in [0.05, 0.1) is 13.7 Å². The number of aliphatic hydroxyl groups excluding tert-OH is 1. The zero-order valence-corrected chi connectivity index (χ0v) is 8.10. The third kappa shape index (κ3) is 1.41. The van der Waals surface area contributed by atoms with Gasteiger partial charge in [-0.05, 0) is 34.5 Å². The average Bonchev–Trinajstić information content (AvgIpc) is 2.59. The minimum absolute atomic E-state index is 0.104. The maximum absolute atomic E-state index is 9.03. The Morgan fingerprint density at radius 2 is 2.31 bits per heavy atom. The van der Waals surface area contributed by atoms with E-state index in [1.165, 1.54) is 0 Å². The van der Waals surface area contributed by atoms with E-state index in [1.807, 2.05) is 23.6 Å². The number of hydrogen-bond acceptors (Lipinski definition) is 3. The average molecular weight is 194 g/mol. The summed E-state index contributed by atoms with van der Waals surface area (Å²) in [5, 5.41) is 12.1. The molecule has 1 N–H and O–H groups in total. The zero-order valence-electron chi connectivity index (χ0n) is 7.28. The third-order valence-electron chi connectivity index (χ3n) is 2.03. The topological polar surface area (TPSA) is 29.5 Å². The van der Waals surface area contributed by atoms with E-state index in [4.69, 9.17) is 9.84 Å². The van der Waals surface area contributed by atoms with Crippen molar-refractivity contribution < 1.29 is 9.84 Å².